The van der Waals surface area contributed by atoms with Crippen LogP contribution < -0.4 is 5.73 Å². The fourth-order valence-corrected chi connectivity index (χ4v) is 1.94. The van der Waals surface area contributed by atoms with E-state index in [0.29, 0.717) is 11.6 Å². The lowest BCUT2D eigenvalue weighted by Crippen LogP contribution is -2.46. The van der Waals surface area contributed by atoms with E-state index in [1.165, 1.54) is 0 Å². The van der Waals surface area contributed by atoms with Crippen LogP contribution in [0.4, 0.5) is 0 Å². The van der Waals surface area contributed by atoms with Gasteiger partial charge < -0.3 is 10.8 Å². The van der Waals surface area contributed by atoms with Crippen LogP contribution >= 0.6 is 11.6 Å². The smallest absolute Gasteiger partial charge is 0.0933 e. The van der Waals surface area contributed by atoms with Gasteiger partial charge >= 0.3 is 0 Å². The van der Waals surface area contributed by atoms with E-state index < -0.39 is 5.60 Å². The Bertz CT molecular complexity index is 341. The zero-order chi connectivity index (χ0) is 12.4. The molecule has 0 aliphatic rings. The Morgan fingerprint density at radius 1 is 1.25 bits per heavy atom. The second-order valence-corrected chi connectivity index (χ2v) is 5.13. The summed E-state index contributed by atoms with van der Waals surface area (Å²) in [7, 11) is 0. The maximum atomic E-state index is 10.7. The van der Waals surface area contributed by atoms with Crippen molar-refractivity contribution in [3.63, 3.8) is 0 Å². The van der Waals surface area contributed by atoms with Crippen LogP contribution in [-0.2, 0) is 5.60 Å². The van der Waals surface area contributed by atoms with E-state index >= 15 is 0 Å². The molecule has 2 unspecified atom stereocenters. The molecule has 0 saturated heterocycles. The van der Waals surface area contributed by atoms with Crippen molar-refractivity contribution in [2.75, 3.05) is 6.54 Å². The quantitative estimate of drug-likeness (QED) is 0.852. The number of benzene rings is 1. The molecule has 3 heteroatoms. The first-order chi connectivity index (χ1) is 7.37. The summed E-state index contributed by atoms with van der Waals surface area (Å²) in [6.07, 6.45) is 0.819. The number of aliphatic hydroxyl groups is 1. The van der Waals surface area contributed by atoms with Crippen LogP contribution in [0.25, 0.3) is 0 Å². The Hall–Kier alpha value is -0.570. The summed E-state index contributed by atoms with van der Waals surface area (Å²) in [5.41, 5.74) is 5.36. The van der Waals surface area contributed by atoms with Crippen molar-refractivity contribution in [3.05, 3.63) is 34.9 Å². The van der Waals surface area contributed by atoms with Gasteiger partial charge in [0.1, 0.15) is 0 Å². The van der Waals surface area contributed by atoms with Crippen molar-refractivity contribution in [2.45, 2.75) is 32.8 Å². The molecule has 0 aliphatic carbocycles. The zero-order valence-corrected chi connectivity index (χ0v) is 10.9. The molecule has 1 rings (SSSR count). The van der Waals surface area contributed by atoms with Crippen molar-refractivity contribution < 1.29 is 5.11 Å². The second-order valence-electron chi connectivity index (χ2n) is 4.70. The minimum absolute atomic E-state index is 0.333. The molecule has 0 fully saturated rings. The van der Waals surface area contributed by atoms with Gasteiger partial charge in [-0.2, -0.15) is 0 Å². The molecule has 1 aromatic rings. The van der Waals surface area contributed by atoms with Crippen molar-refractivity contribution in [1.82, 2.24) is 0 Å². The molecule has 0 aromatic heterocycles. The van der Waals surface area contributed by atoms with E-state index in [4.69, 9.17) is 17.3 Å². The van der Waals surface area contributed by atoms with E-state index in [0.717, 1.165) is 12.0 Å². The number of halogens is 1. The number of rotatable bonds is 4. The fourth-order valence-electron chi connectivity index (χ4n) is 1.81. The predicted octanol–water partition coefficient (Wildman–Crippen LogP) is 2.92. The zero-order valence-electron chi connectivity index (χ0n) is 10.1. The maximum absolute atomic E-state index is 10.7. The highest BCUT2D eigenvalue weighted by Crippen LogP contribution is 2.41. The molecule has 0 radical (unpaired) electrons. The van der Waals surface area contributed by atoms with Crippen molar-refractivity contribution in [3.8, 4) is 0 Å². The van der Waals surface area contributed by atoms with E-state index in [2.05, 4.69) is 0 Å². The lowest BCUT2D eigenvalue weighted by molar-refractivity contribution is -0.0646. The van der Waals surface area contributed by atoms with Gasteiger partial charge in [-0.05, 0) is 31.0 Å². The molecule has 0 bridgehead atoms. The second kappa shape index (κ2) is 4.74. The van der Waals surface area contributed by atoms with Gasteiger partial charge in [0.05, 0.1) is 5.60 Å². The first-order valence-corrected chi connectivity index (χ1v) is 5.93. The van der Waals surface area contributed by atoms with Crippen molar-refractivity contribution in [2.24, 2.45) is 11.1 Å². The molecule has 3 N–H and O–H groups in total. The van der Waals surface area contributed by atoms with E-state index in [1.807, 2.05) is 32.9 Å². The monoisotopic (exact) mass is 241 g/mol. The molecular formula is C13H20ClNO. The summed E-state index contributed by atoms with van der Waals surface area (Å²) in [4.78, 5) is 0. The standard InChI is InChI=1S/C13H20ClNO/c1-4-12(2,9-15)13(3,16)10-5-7-11(14)8-6-10/h5-8,16H,4,9,15H2,1-3H3. The highest BCUT2D eigenvalue weighted by atomic mass is 35.5. The molecule has 0 spiro atoms. The van der Waals surface area contributed by atoms with Crippen LogP contribution in [0.1, 0.15) is 32.8 Å². The molecule has 2 atom stereocenters. The lowest BCUT2D eigenvalue weighted by Gasteiger charge is -2.42. The number of hydrogen-bond donors (Lipinski definition) is 2. The van der Waals surface area contributed by atoms with Crippen LogP contribution in [0, 0.1) is 5.41 Å². The van der Waals surface area contributed by atoms with Gasteiger partial charge in [0, 0.05) is 17.0 Å². The average molecular weight is 242 g/mol. The Labute approximate surface area is 102 Å². The summed E-state index contributed by atoms with van der Waals surface area (Å²) < 4.78 is 0. The first kappa shape index (κ1) is 13.5. The summed E-state index contributed by atoms with van der Waals surface area (Å²) in [5, 5.41) is 11.3. The van der Waals surface area contributed by atoms with Gasteiger partial charge in [-0.3, -0.25) is 0 Å². The molecule has 1 aromatic carbocycles. The highest BCUT2D eigenvalue weighted by Gasteiger charge is 2.41. The van der Waals surface area contributed by atoms with Gasteiger partial charge in [0.15, 0.2) is 0 Å². The van der Waals surface area contributed by atoms with E-state index in [-0.39, 0.29) is 5.41 Å². The normalized spacial score (nSPS) is 18.9. The Morgan fingerprint density at radius 2 is 1.75 bits per heavy atom. The largest absolute Gasteiger partial charge is 0.385 e. The van der Waals surface area contributed by atoms with Gasteiger partial charge in [-0.15, -0.1) is 0 Å². The molecular weight excluding hydrogens is 222 g/mol. The lowest BCUT2D eigenvalue weighted by atomic mass is 9.69. The molecule has 0 saturated carbocycles. The molecule has 2 nitrogen and oxygen atoms in total. The molecule has 0 heterocycles. The first-order valence-electron chi connectivity index (χ1n) is 5.56. The minimum Gasteiger partial charge on any atom is -0.385 e. The topological polar surface area (TPSA) is 46.2 Å². The van der Waals surface area contributed by atoms with Crippen LogP contribution in [0.15, 0.2) is 24.3 Å². The molecule has 0 amide bonds. The average Bonchev–Trinajstić information content (AvgIpc) is 2.28. The van der Waals surface area contributed by atoms with Gasteiger partial charge in [0.25, 0.3) is 0 Å². The van der Waals surface area contributed by atoms with Crippen LogP contribution in [0.2, 0.25) is 5.02 Å². The summed E-state index contributed by atoms with van der Waals surface area (Å²) >= 11 is 5.84. The molecule has 90 valence electrons. The summed E-state index contributed by atoms with van der Waals surface area (Å²) in [5.74, 6) is 0. The van der Waals surface area contributed by atoms with Crippen LogP contribution in [0.5, 0.6) is 0 Å². The highest BCUT2D eigenvalue weighted by molar-refractivity contribution is 6.30. The third-order valence-electron chi connectivity index (χ3n) is 3.81. The van der Waals surface area contributed by atoms with Crippen molar-refractivity contribution in [1.29, 1.82) is 0 Å². The number of nitrogens with two attached hydrogens (primary N) is 1. The summed E-state index contributed by atoms with van der Waals surface area (Å²) in [6, 6.07) is 7.29. The Kier molecular flexibility index (Phi) is 4.00. The molecule has 16 heavy (non-hydrogen) atoms. The van der Waals surface area contributed by atoms with Crippen molar-refractivity contribution >= 4 is 11.6 Å². The van der Waals surface area contributed by atoms with Gasteiger partial charge in [-0.25, -0.2) is 0 Å². The van der Waals surface area contributed by atoms with Crippen LogP contribution in [0.3, 0.4) is 0 Å². The maximum Gasteiger partial charge on any atom is 0.0933 e. The summed E-state index contributed by atoms with van der Waals surface area (Å²) in [6.45, 7) is 6.30. The van der Waals surface area contributed by atoms with Gasteiger partial charge in [0.2, 0.25) is 0 Å². The molecule has 0 aliphatic heterocycles. The van der Waals surface area contributed by atoms with E-state index in [1.54, 1.807) is 12.1 Å². The van der Waals surface area contributed by atoms with Crippen LogP contribution in [-0.4, -0.2) is 11.7 Å². The van der Waals surface area contributed by atoms with Gasteiger partial charge in [-0.1, -0.05) is 37.6 Å². The minimum atomic E-state index is -0.943. The SMILES string of the molecule is CCC(C)(CN)C(C)(O)c1ccc(Cl)cc1. The Morgan fingerprint density at radius 3 is 2.12 bits per heavy atom. The Balaban J connectivity index is 3.14. The third-order valence-corrected chi connectivity index (χ3v) is 4.06. The predicted molar refractivity (Wildman–Crippen MR) is 68.5 cm³/mol. The number of hydrogen-bond acceptors (Lipinski definition) is 2. The third kappa shape index (κ3) is 2.24. The van der Waals surface area contributed by atoms with E-state index in [9.17, 15) is 5.11 Å². The fraction of sp³-hybridized carbons (Fsp3) is 0.538.